The summed E-state index contributed by atoms with van der Waals surface area (Å²) in [6.45, 7) is 0. The third-order valence-corrected chi connectivity index (χ3v) is 3.01. The quantitative estimate of drug-likeness (QED) is 0.604. The Morgan fingerprint density at radius 1 is 1.35 bits per heavy atom. The number of fused-ring (bicyclic) bond motifs is 1. The summed E-state index contributed by atoms with van der Waals surface area (Å²) < 4.78 is 0. The molecule has 0 heterocycles. The van der Waals surface area contributed by atoms with Gasteiger partial charge in [-0.15, -0.1) is 0 Å². The van der Waals surface area contributed by atoms with Crippen LogP contribution in [0.5, 0.6) is 5.75 Å². The van der Waals surface area contributed by atoms with Crippen LogP contribution in [-0.2, 0) is 12.8 Å². The molecule has 17 heavy (non-hydrogen) atoms. The van der Waals surface area contributed by atoms with E-state index < -0.39 is 27.9 Å². The number of carboxylic acid groups (broad SMARTS) is 1. The average Bonchev–Trinajstić information content (AvgIpc) is 2.27. The minimum Gasteiger partial charge on any atom is -0.501 e. The first-order valence-corrected chi connectivity index (χ1v) is 5.27. The number of nitro benzene ring substituents is 1. The molecule has 0 unspecified atom stereocenters. The lowest BCUT2D eigenvalue weighted by atomic mass is 9.88. The molecule has 2 N–H and O–H groups in total. The number of hydrogen-bond acceptors (Lipinski definition) is 4. The summed E-state index contributed by atoms with van der Waals surface area (Å²) in [5.41, 5.74) is 0.304. The third kappa shape index (κ3) is 1.82. The van der Waals surface area contributed by atoms with Crippen LogP contribution < -0.4 is 0 Å². The number of carboxylic acids is 1. The smallest absolute Gasteiger partial charge is 0.339 e. The van der Waals surface area contributed by atoms with E-state index in [2.05, 4.69) is 0 Å². The number of benzene rings is 1. The topological polar surface area (TPSA) is 101 Å². The van der Waals surface area contributed by atoms with E-state index >= 15 is 0 Å². The highest BCUT2D eigenvalue weighted by molar-refractivity contribution is 5.93. The fourth-order valence-corrected chi connectivity index (χ4v) is 2.23. The zero-order chi connectivity index (χ0) is 12.6. The van der Waals surface area contributed by atoms with Crippen LogP contribution >= 0.6 is 0 Å². The number of hydrogen-bond donors (Lipinski definition) is 2. The van der Waals surface area contributed by atoms with Gasteiger partial charge in [0.15, 0.2) is 0 Å². The second-order valence-electron chi connectivity index (χ2n) is 4.03. The van der Waals surface area contributed by atoms with Crippen molar-refractivity contribution < 1.29 is 19.9 Å². The Labute approximate surface area is 96.7 Å². The number of nitrogens with zero attached hydrogens (tertiary/aromatic N) is 1. The Bertz CT molecular complexity index is 509. The standard InChI is InChI=1S/C11H11NO5/c13-10-8(11(14)15)5-6-3-1-2-4-7(6)9(10)12(16)17/h5,13H,1-4H2,(H,14,15). The van der Waals surface area contributed by atoms with E-state index in [1.807, 2.05) is 0 Å². The molecule has 6 heteroatoms. The molecule has 0 aromatic heterocycles. The van der Waals surface area contributed by atoms with Crippen LogP contribution in [0.3, 0.4) is 0 Å². The third-order valence-electron chi connectivity index (χ3n) is 3.01. The van der Waals surface area contributed by atoms with E-state index in [0.717, 1.165) is 12.8 Å². The molecule has 0 aliphatic heterocycles. The first-order chi connectivity index (χ1) is 8.02. The van der Waals surface area contributed by atoms with Gasteiger partial charge in [0.25, 0.3) is 0 Å². The Morgan fingerprint density at radius 2 is 2.00 bits per heavy atom. The first-order valence-electron chi connectivity index (χ1n) is 5.27. The number of aromatic hydroxyl groups is 1. The van der Waals surface area contributed by atoms with E-state index in [-0.39, 0.29) is 0 Å². The Hall–Kier alpha value is -2.11. The molecule has 0 spiro atoms. The Morgan fingerprint density at radius 3 is 2.59 bits per heavy atom. The van der Waals surface area contributed by atoms with Crippen molar-refractivity contribution in [2.45, 2.75) is 25.7 Å². The molecule has 2 rings (SSSR count). The number of aryl methyl sites for hydroxylation is 1. The normalized spacial score (nSPS) is 14.1. The lowest BCUT2D eigenvalue weighted by Crippen LogP contribution is -2.10. The minimum absolute atomic E-state index is 0.391. The van der Waals surface area contributed by atoms with Gasteiger partial charge in [0, 0.05) is 5.56 Å². The van der Waals surface area contributed by atoms with E-state index in [0.29, 0.717) is 24.0 Å². The first kappa shape index (κ1) is 11.4. The molecule has 0 radical (unpaired) electrons. The lowest BCUT2D eigenvalue weighted by Gasteiger charge is -2.17. The zero-order valence-electron chi connectivity index (χ0n) is 8.97. The van der Waals surface area contributed by atoms with Gasteiger partial charge in [0.05, 0.1) is 4.92 Å². The number of rotatable bonds is 2. The van der Waals surface area contributed by atoms with E-state index in [9.17, 15) is 20.0 Å². The highest BCUT2D eigenvalue weighted by atomic mass is 16.6. The van der Waals surface area contributed by atoms with Crippen LogP contribution in [0.15, 0.2) is 6.07 Å². The molecule has 6 nitrogen and oxygen atoms in total. The van der Waals surface area contributed by atoms with Gasteiger partial charge in [0.2, 0.25) is 5.75 Å². The second kappa shape index (κ2) is 4.04. The maximum atomic E-state index is 10.9. The largest absolute Gasteiger partial charge is 0.501 e. The Balaban J connectivity index is 2.73. The monoisotopic (exact) mass is 237 g/mol. The molecule has 0 saturated heterocycles. The fourth-order valence-electron chi connectivity index (χ4n) is 2.23. The van der Waals surface area contributed by atoms with Crippen LogP contribution in [0, 0.1) is 10.1 Å². The van der Waals surface area contributed by atoms with Gasteiger partial charge in [-0.2, -0.15) is 0 Å². The number of phenols is 1. The minimum atomic E-state index is -1.35. The Kier molecular flexibility index (Phi) is 2.71. The molecule has 0 amide bonds. The van der Waals surface area contributed by atoms with Crippen molar-refractivity contribution in [2.75, 3.05) is 0 Å². The molecule has 1 aromatic rings. The van der Waals surface area contributed by atoms with Gasteiger partial charge < -0.3 is 10.2 Å². The van der Waals surface area contributed by atoms with Crippen molar-refractivity contribution in [3.8, 4) is 5.75 Å². The van der Waals surface area contributed by atoms with Gasteiger partial charge in [-0.1, -0.05) is 0 Å². The maximum Gasteiger partial charge on any atom is 0.339 e. The number of carbonyl (C=O) groups is 1. The van der Waals surface area contributed by atoms with Gasteiger partial charge in [-0.25, -0.2) is 4.79 Å². The summed E-state index contributed by atoms with van der Waals surface area (Å²) in [5, 5.41) is 29.5. The highest BCUT2D eigenvalue weighted by Crippen LogP contribution is 2.39. The molecule has 0 fully saturated rings. The molecule has 90 valence electrons. The van der Waals surface area contributed by atoms with E-state index in [1.54, 1.807) is 0 Å². The lowest BCUT2D eigenvalue weighted by molar-refractivity contribution is -0.386. The van der Waals surface area contributed by atoms with Gasteiger partial charge in [-0.3, -0.25) is 10.1 Å². The number of nitro groups is 1. The molecule has 1 aromatic carbocycles. The molecular weight excluding hydrogens is 226 g/mol. The molecule has 0 atom stereocenters. The number of aromatic carboxylic acids is 1. The maximum absolute atomic E-state index is 10.9. The van der Waals surface area contributed by atoms with Crippen molar-refractivity contribution in [1.29, 1.82) is 0 Å². The van der Waals surface area contributed by atoms with Crippen LogP contribution in [0.4, 0.5) is 5.69 Å². The predicted molar refractivity (Wildman–Crippen MR) is 58.4 cm³/mol. The van der Waals surface area contributed by atoms with Crippen molar-refractivity contribution in [2.24, 2.45) is 0 Å². The van der Waals surface area contributed by atoms with Crippen molar-refractivity contribution >= 4 is 11.7 Å². The van der Waals surface area contributed by atoms with Crippen LogP contribution in [0.2, 0.25) is 0 Å². The van der Waals surface area contributed by atoms with E-state index in [1.165, 1.54) is 6.07 Å². The summed E-state index contributed by atoms with van der Waals surface area (Å²) in [5.74, 6) is -2.08. The summed E-state index contributed by atoms with van der Waals surface area (Å²) in [6.07, 6.45) is 2.84. The predicted octanol–water partition coefficient (Wildman–Crippen LogP) is 1.88. The molecular formula is C11H11NO5. The summed E-state index contributed by atoms with van der Waals surface area (Å²) in [6, 6.07) is 1.35. The molecule has 0 saturated carbocycles. The van der Waals surface area contributed by atoms with Crippen molar-refractivity contribution in [3.05, 3.63) is 32.9 Å². The molecule has 0 bridgehead atoms. The van der Waals surface area contributed by atoms with Crippen LogP contribution in [-0.4, -0.2) is 21.1 Å². The summed E-state index contributed by atoms with van der Waals surface area (Å²) in [7, 11) is 0. The van der Waals surface area contributed by atoms with Gasteiger partial charge >= 0.3 is 11.7 Å². The summed E-state index contributed by atoms with van der Waals surface area (Å²) >= 11 is 0. The van der Waals surface area contributed by atoms with Crippen LogP contribution in [0.1, 0.15) is 34.3 Å². The second-order valence-corrected chi connectivity index (χ2v) is 4.03. The highest BCUT2D eigenvalue weighted by Gasteiger charge is 2.29. The summed E-state index contributed by atoms with van der Waals surface area (Å²) in [4.78, 5) is 21.1. The van der Waals surface area contributed by atoms with E-state index in [4.69, 9.17) is 5.11 Å². The average molecular weight is 237 g/mol. The van der Waals surface area contributed by atoms with Crippen molar-refractivity contribution in [3.63, 3.8) is 0 Å². The van der Waals surface area contributed by atoms with Crippen molar-refractivity contribution in [1.82, 2.24) is 0 Å². The van der Waals surface area contributed by atoms with Crippen LogP contribution in [0.25, 0.3) is 0 Å². The van der Waals surface area contributed by atoms with Gasteiger partial charge in [-0.05, 0) is 37.3 Å². The molecule has 1 aliphatic carbocycles. The fraction of sp³-hybridized carbons (Fsp3) is 0.364. The molecule has 1 aliphatic rings. The SMILES string of the molecule is O=C(O)c1cc2c(c([N+](=O)[O-])c1O)CCCC2. The zero-order valence-corrected chi connectivity index (χ0v) is 8.97. The van der Waals surface area contributed by atoms with Gasteiger partial charge in [0.1, 0.15) is 5.56 Å².